The molecular formula is C10H19N3O2. The van der Waals surface area contributed by atoms with Gasteiger partial charge in [-0.3, -0.25) is 9.59 Å². The summed E-state index contributed by atoms with van der Waals surface area (Å²) >= 11 is 0. The molecule has 0 aromatic rings. The average Bonchev–Trinajstić information content (AvgIpc) is 2.77. The molecule has 0 saturated carbocycles. The van der Waals surface area contributed by atoms with Crippen LogP contribution in [-0.4, -0.2) is 49.4 Å². The number of nitrogens with one attached hydrogen (secondary N) is 2. The summed E-state index contributed by atoms with van der Waals surface area (Å²) in [4.78, 5) is 24.7. The van der Waals surface area contributed by atoms with Gasteiger partial charge < -0.3 is 15.5 Å². The summed E-state index contributed by atoms with van der Waals surface area (Å²) < 4.78 is 0. The van der Waals surface area contributed by atoms with Crippen LogP contribution < -0.4 is 10.6 Å². The normalized spacial score (nSPS) is 17.6. The van der Waals surface area contributed by atoms with Gasteiger partial charge in [-0.1, -0.05) is 0 Å². The molecule has 2 N–H and O–H groups in total. The third-order valence-corrected chi connectivity index (χ3v) is 2.70. The maximum Gasteiger partial charge on any atom is 0.241 e. The molecule has 1 fully saturated rings. The van der Waals surface area contributed by atoms with E-state index in [0.29, 0.717) is 0 Å². The van der Waals surface area contributed by atoms with Crippen molar-refractivity contribution in [2.24, 2.45) is 0 Å². The molecular weight excluding hydrogens is 194 g/mol. The second-order valence-electron chi connectivity index (χ2n) is 3.82. The van der Waals surface area contributed by atoms with Gasteiger partial charge >= 0.3 is 0 Å². The summed E-state index contributed by atoms with van der Waals surface area (Å²) in [6, 6.07) is -0.253. The first-order valence-corrected chi connectivity index (χ1v) is 5.38. The van der Waals surface area contributed by atoms with E-state index in [9.17, 15) is 9.59 Å². The van der Waals surface area contributed by atoms with E-state index in [1.165, 1.54) is 0 Å². The van der Waals surface area contributed by atoms with Gasteiger partial charge in [-0.2, -0.15) is 0 Å². The van der Waals surface area contributed by atoms with E-state index < -0.39 is 0 Å². The number of likely N-dealkylation sites (tertiary alicyclic amines) is 1. The predicted molar refractivity (Wildman–Crippen MR) is 57.3 cm³/mol. The van der Waals surface area contributed by atoms with Gasteiger partial charge in [0.25, 0.3) is 0 Å². The van der Waals surface area contributed by atoms with Crippen molar-refractivity contribution >= 4 is 11.8 Å². The van der Waals surface area contributed by atoms with E-state index in [4.69, 9.17) is 0 Å². The zero-order chi connectivity index (χ0) is 11.3. The van der Waals surface area contributed by atoms with Crippen LogP contribution in [0.15, 0.2) is 0 Å². The molecule has 0 spiro atoms. The number of hydrogen-bond donors (Lipinski definition) is 2. The Morgan fingerprint density at radius 1 is 1.33 bits per heavy atom. The van der Waals surface area contributed by atoms with Crippen LogP contribution in [0, 0.1) is 0 Å². The van der Waals surface area contributed by atoms with E-state index in [0.717, 1.165) is 25.9 Å². The quantitative estimate of drug-likeness (QED) is 0.651. The topological polar surface area (TPSA) is 61.4 Å². The lowest BCUT2D eigenvalue weighted by Gasteiger charge is -2.16. The molecule has 1 atom stereocenters. The maximum absolute atomic E-state index is 11.6. The first-order valence-electron chi connectivity index (χ1n) is 5.38. The van der Waals surface area contributed by atoms with E-state index in [1.54, 1.807) is 18.9 Å². The van der Waals surface area contributed by atoms with Crippen LogP contribution in [-0.2, 0) is 9.59 Å². The number of likely N-dealkylation sites (N-methyl/N-ethyl adjacent to an activating group) is 1. The number of amides is 2. The van der Waals surface area contributed by atoms with Crippen LogP contribution >= 0.6 is 0 Å². The lowest BCUT2D eigenvalue weighted by atomic mass is 10.3. The van der Waals surface area contributed by atoms with Crippen molar-refractivity contribution in [3.63, 3.8) is 0 Å². The van der Waals surface area contributed by atoms with Crippen LogP contribution in [0.1, 0.15) is 19.8 Å². The lowest BCUT2D eigenvalue weighted by Crippen LogP contribution is -2.45. The summed E-state index contributed by atoms with van der Waals surface area (Å²) in [5, 5.41) is 5.44. The van der Waals surface area contributed by atoms with Crippen molar-refractivity contribution in [3.05, 3.63) is 0 Å². The van der Waals surface area contributed by atoms with Crippen molar-refractivity contribution in [3.8, 4) is 0 Å². The summed E-state index contributed by atoms with van der Waals surface area (Å²) in [7, 11) is 1.71. The van der Waals surface area contributed by atoms with Crippen molar-refractivity contribution in [1.82, 2.24) is 15.5 Å². The zero-order valence-electron chi connectivity index (χ0n) is 9.38. The summed E-state index contributed by atoms with van der Waals surface area (Å²) in [5.41, 5.74) is 0. The highest BCUT2D eigenvalue weighted by Gasteiger charge is 2.19. The van der Waals surface area contributed by atoms with Gasteiger partial charge in [-0.25, -0.2) is 0 Å². The highest BCUT2D eigenvalue weighted by Crippen LogP contribution is 2.06. The summed E-state index contributed by atoms with van der Waals surface area (Å²) in [6.45, 7) is 3.53. The number of nitrogens with zero attached hydrogens (tertiary/aromatic N) is 1. The molecule has 1 rings (SSSR count). The van der Waals surface area contributed by atoms with Gasteiger partial charge in [0.1, 0.15) is 0 Å². The minimum atomic E-state index is -0.253. The molecule has 1 heterocycles. The van der Waals surface area contributed by atoms with Gasteiger partial charge in [0, 0.05) is 13.1 Å². The smallest absolute Gasteiger partial charge is 0.241 e. The van der Waals surface area contributed by atoms with Gasteiger partial charge in [0.2, 0.25) is 11.8 Å². The fourth-order valence-corrected chi connectivity index (χ4v) is 1.53. The van der Waals surface area contributed by atoms with E-state index in [2.05, 4.69) is 10.6 Å². The van der Waals surface area contributed by atoms with Crippen LogP contribution in [0.3, 0.4) is 0 Å². The van der Waals surface area contributed by atoms with E-state index in [-0.39, 0.29) is 24.4 Å². The molecule has 15 heavy (non-hydrogen) atoms. The summed E-state index contributed by atoms with van der Waals surface area (Å²) in [5.74, 6) is -0.116. The SMILES string of the molecule is CN[C@@H](C)C(=O)NCC(=O)N1CCCC1. The van der Waals surface area contributed by atoms with Crippen LogP contribution in [0.2, 0.25) is 0 Å². The molecule has 2 amide bonds. The molecule has 0 unspecified atom stereocenters. The predicted octanol–water partition coefficient (Wildman–Crippen LogP) is -0.667. The van der Waals surface area contributed by atoms with Crippen molar-refractivity contribution in [2.75, 3.05) is 26.7 Å². The fourth-order valence-electron chi connectivity index (χ4n) is 1.53. The Bertz CT molecular complexity index is 237. The molecule has 0 aliphatic carbocycles. The average molecular weight is 213 g/mol. The standard InChI is InChI=1S/C10H19N3O2/c1-8(11-2)10(15)12-7-9(14)13-5-3-4-6-13/h8,11H,3-7H2,1-2H3,(H,12,15)/t8-/m0/s1. The fraction of sp³-hybridized carbons (Fsp3) is 0.800. The largest absolute Gasteiger partial charge is 0.346 e. The van der Waals surface area contributed by atoms with Gasteiger partial charge in [0.15, 0.2) is 0 Å². The third-order valence-electron chi connectivity index (χ3n) is 2.70. The first kappa shape index (κ1) is 12.0. The number of carbonyl (C=O) groups is 2. The molecule has 1 saturated heterocycles. The van der Waals surface area contributed by atoms with E-state index in [1.807, 2.05) is 0 Å². The lowest BCUT2D eigenvalue weighted by molar-refractivity contribution is -0.132. The molecule has 5 heteroatoms. The minimum absolute atomic E-state index is 0.0177. The molecule has 0 bridgehead atoms. The molecule has 0 radical (unpaired) electrons. The first-order chi connectivity index (χ1) is 7.15. The van der Waals surface area contributed by atoms with Crippen molar-refractivity contribution < 1.29 is 9.59 Å². The second-order valence-corrected chi connectivity index (χ2v) is 3.82. The highest BCUT2D eigenvalue weighted by molar-refractivity contribution is 5.87. The highest BCUT2D eigenvalue weighted by atomic mass is 16.2. The van der Waals surface area contributed by atoms with Crippen molar-refractivity contribution in [2.45, 2.75) is 25.8 Å². The van der Waals surface area contributed by atoms with E-state index >= 15 is 0 Å². The summed E-state index contributed by atoms with van der Waals surface area (Å²) in [6.07, 6.45) is 2.15. The van der Waals surface area contributed by atoms with Crippen LogP contribution in [0.25, 0.3) is 0 Å². The van der Waals surface area contributed by atoms with Gasteiger partial charge in [0.05, 0.1) is 12.6 Å². The number of carbonyl (C=O) groups excluding carboxylic acids is 2. The monoisotopic (exact) mass is 213 g/mol. The van der Waals surface area contributed by atoms with Gasteiger partial charge in [-0.15, -0.1) is 0 Å². The Morgan fingerprint density at radius 2 is 1.93 bits per heavy atom. The zero-order valence-corrected chi connectivity index (χ0v) is 9.38. The number of rotatable bonds is 4. The molecule has 1 aliphatic heterocycles. The maximum atomic E-state index is 11.6. The number of hydrogen-bond acceptors (Lipinski definition) is 3. The minimum Gasteiger partial charge on any atom is -0.346 e. The molecule has 86 valence electrons. The molecule has 1 aliphatic rings. The second kappa shape index (κ2) is 5.70. The van der Waals surface area contributed by atoms with Crippen LogP contribution in [0.5, 0.6) is 0 Å². The molecule has 0 aromatic carbocycles. The Morgan fingerprint density at radius 3 is 2.47 bits per heavy atom. The van der Waals surface area contributed by atoms with Crippen LogP contribution in [0.4, 0.5) is 0 Å². The third kappa shape index (κ3) is 3.51. The Labute approximate surface area is 90.2 Å². The Kier molecular flexibility index (Phi) is 4.55. The molecule has 0 aromatic heterocycles. The van der Waals surface area contributed by atoms with Crippen molar-refractivity contribution in [1.29, 1.82) is 0 Å². The van der Waals surface area contributed by atoms with Gasteiger partial charge in [-0.05, 0) is 26.8 Å². The Balaban J connectivity index is 2.24. The molecule has 5 nitrogen and oxygen atoms in total. The Hall–Kier alpha value is -1.10.